The minimum Gasteiger partial charge on any atom is -0.496 e. The number of benzene rings is 2. The van der Waals surface area contributed by atoms with Gasteiger partial charge in [0.25, 0.3) is 0 Å². The molecule has 4 N–H and O–H groups in total. The molecule has 2 aliphatic rings. The standard InChI is InChI=1S/2C13H20N2O/c2*1-16-13-5-3-2-4-11(13)10-15-8-6-12(14)7-9-15/h2*2-5,12H,6-10,14H2,1H3. The van der Waals surface area contributed by atoms with Crippen LogP contribution in [0, 0.1) is 0 Å². The Morgan fingerprint density at radius 2 is 1.00 bits per heavy atom. The third-order valence-corrected chi connectivity index (χ3v) is 6.44. The summed E-state index contributed by atoms with van der Waals surface area (Å²) in [5.41, 5.74) is 14.3. The molecule has 2 saturated heterocycles. The summed E-state index contributed by atoms with van der Waals surface area (Å²) >= 11 is 0. The Morgan fingerprint density at radius 3 is 1.34 bits per heavy atom. The van der Waals surface area contributed by atoms with Crippen molar-refractivity contribution in [1.82, 2.24) is 9.80 Å². The third-order valence-electron chi connectivity index (χ3n) is 6.44. The van der Waals surface area contributed by atoms with Crippen molar-refractivity contribution >= 4 is 0 Å². The normalized spacial score (nSPS) is 18.6. The topological polar surface area (TPSA) is 77.0 Å². The number of nitrogens with zero attached hydrogens (tertiary/aromatic N) is 2. The minimum atomic E-state index is 0.397. The maximum atomic E-state index is 5.90. The van der Waals surface area contributed by atoms with Crippen LogP contribution in [-0.4, -0.2) is 62.3 Å². The molecule has 2 aromatic carbocycles. The molecule has 0 radical (unpaired) electrons. The summed E-state index contributed by atoms with van der Waals surface area (Å²) in [7, 11) is 3.45. The molecule has 6 nitrogen and oxygen atoms in total. The fraction of sp³-hybridized carbons (Fsp3) is 0.538. The van der Waals surface area contributed by atoms with Crippen LogP contribution in [0.15, 0.2) is 48.5 Å². The number of likely N-dealkylation sites (tertiary alicyclic amines) is 2. The van der Waals surface area contributed by atoms with Crippen molar-refractivity contribution in [3.05, 3.63) is 59.7 Å². The molecule has 0 aromatic heterocycles. The van der Waals surface area contributed by atoms with E-state index in [1.165, 1.54) is 11.1 Å². The summed E-state index contributed by atoms with van der Waals surface area (Å²) in [4.78, 5) is 4.89. The summed E-state index contributed by atoms with van der Waals surface area (Å²) in [6.07, 6.45) is 4.43. The molecule has 4 rings (SSSR count). The monoisotopic (exact) mass is 440 g/mol. The van der Waals surface area contributed by atoms with Gasteiger partial charge in [-0.3, -0.25) is 9.80 Å². The van der Waals surface area contributed by atoms with Crippen LogP contribution >= 0.6 is 0 Å². The van der Waals surface area contributed by atoms with Gasteiger partial charge in [-0.1, -0.05) is 36.4 Å². The minimum absolute atomic E-state index is 0.397. The van der Waals surface area contributed by atoms with Gasteiger partial charge in [0.05, 0.1) is 14.2 Å². The fourth-order valence-electron chi connectivity index (χ4n) is 4.37. The molecule has 0 aliphatic carbocycles. The molecule has 2 heterocycles. The highest BCUT2D eigenvalue weighted by Gasteiger charge is 2.18. The van der Waals surface area contributed by atoms with Crippen LogP contribution in [-0.2, 0) is 13.1 Å². The van der Waals surface area contributed by atoms with E-state index < -0.39 is 0 Å². The van der Waals surface area contributed by atoms with E-state index >= 15 is 0 Å². The largest absolute Gasteiger partial charge is 0.496 e. The van der Waals surface area contributed by atoms with Crippen LogP contribution < -0.4 is 20.9 Å². The van der Waals surface area contributed by atoms with Gasteiger partial charge in [0, 0.05) is 36.3 Å². The zero-order valence-electron chi connectivity index (χ0n) is 19.7. The first-order valence-electron chi connectivity index (χ1n) is 11.8. The fourth-order valence-corrected chi connectivity index (χ4v) is 4.37. The van der Waals surface area contributed by atoms with E-state index in [4.69, 9.17) is 20.9 Å². The molecule has 2 aromatic rings. The number of nitrogens with two attached hydrogens (primary N) is 2. The Balaban J connectivity index is 0.000000181. The van der Waals surface area contributed by atoms with Crippen molar-refractivity contribution in [3.8, 4) is 11.5 Å². The highest BCUT2D eigenvalue weighted by Crippen LogP contribution is 2.22. The van der Waals surface area contributed by atoms with E-state index in [2.05, 4.69) is 34.1 Å². The van der Waals surface area contributed by atoms with Gasteiger partial charge in [-0.2, -0.15) is 0 Å². The van der Waals surface area contributed by atoms with Crippen LogP contribution in [0.2, 0.25) is 0 Å². The predicted molar refractivity (Wildman–Crippen MR) is 131 cm³/mol. The van der Waals surface area contributed by atoms with Gasteiger partial charge in [-0.05, 0) is 64.0 Å². The second kappa shape index (κ2) is 12.8. The van der Waals surface area contributed by atoms with E-state index in [0.717, 1.165) is 76.5 Å². The molecular formula is C26H40N4O2. The molecule has 2 aliphatic heterocycles. The molecule has 32 heavy (non-hydrogen) atoms. The lowest BCUT2D eigenvalue weighted by atomic mass is 10.1. The van der Waals surface area contributed by atoms with Crippen molar-refractivity contribution in [2.45, 2.75) is 50.9 Å². The highest BCUT2D eigenvalue weighted by molar-refractivity contribution is 5.33. The molecular weight excluding hydrogens is 400 g/mol. The zero-order valence-corrected chi connectivity index (χ0v) is 19.7. The van der Waals surface area contributed by atoms with Gasteiger partial charge in [0.15, 0.2) is 0 Å². The van der Waals surface area contributed by atoms with Crippen molar-refractivity contribution in [2.24, 2.45) is 11.5 Å². The summed E-state index contributed by atoms with van der Waals surface area (Å²) in [5.74, 6) is 1.97. The van der Waals surface area contributed by atoms with Crippen LogP contribution in [0.5, 0.6) is 11.5 Å². The third kappa shape index (κ3) is 7.48. The molecule has 176 valence electrons. The quantitative estimate of drug-likeness (QED) is 0.718. The molecule has 2 fully saturated rings. The van der Waals surface area contributed by atoms with E-state index in [1.807, 2.05) is 24.3 Å². The summed E-state index contributed by atoms with van der Waals surface area (Å²) in [5, 5.41) is 0. The average molecular weight is 441 g/mol. The zero-order chi connectivity index (χ0) is 22.8. The van der Waals surface area contributed by atoms with E-state index in [0.29, 0.717) is 12.1 Å². The number of ether oxygens (including phenoxy) is 2. The van der Waals surface area contributed by atoms with Crippen LogP contribution in [0.25, 0.3) is 0 Å². The lowest BCUT2D eigenvalue weighted by Gasteiger charge is -2.30. The second-order valence-corrected chi connectivity index (χ2v) is 8.85. The van der Waals surface area contributed by atoms with Crippen LogP contribution in [0.3, 0.4) is 0 Å². The van der Waals surface area contributed by atoms with E-state index in [1.54, 1.807) is 14.2 Å². The first-order valence-corrected chi connectivity index (χ1v) is 11.8. The first-order chi connectivity index (χ1) is 15.6. The van der Waals surface area contributed by atoms with Gasteiger partial charge >= 0.3 is 0 Å². The maximum Gasteiger partial charge on any atom is 0.123 e. The Bertz CT molecular complexity index is 732. The SMILES string of the molecule is COc1ccccc1CN1CCC(N)CC1.COc1ccccc1CN1CCC(N)CC1. The van der Waals surface area contributed by atoms with Gasteiger partial charge in [-0.15, -0.1) is 0 Å². The van der Waals surface area contributed by atoms with Gasteiger partial charge in [0.1, 0.15) is 11.5 Å². The summed E-state index contributed by atoms with van der Waals surface area (Å²) < 4.78 is 10.7. The number of hydrogen-bond donors (Lipinski definition) is 2. The lowest BCUT2D eigenvalue weighted by molar-refractivity contribution is 0.203. The molecule has 0 amide bonds. The average Bonchev–Trinajstić information content (AvgIpc) is 2.83. The highest BCUT2D eigenvalue weighted by atomic mass is 16.5. The Hall–Kier alpha value is -2.12. The number of methoxy groups -OCH3 is 2. The van der Waals surface area contributed by atoms with Gasteiger partial charge in [-0.25, -0.2) is 0 Å². The smallest absolute Gasteiger partial charge is 0.123 e. The molecule has 0 saturated carbocycles. The Morgan fingerprint density at radius 1 is 0.656 bits per heavy atom. The Kier molecular flexibility index (Phi) is 9.81. The molecule has 0 atom stereocenters. The number of para-hydroxylation sites is 2. The Labute approximate surface area is 193 Å². The van der Waals surface area contributed by atoms with Crippen molar-refractivity contribution in [3.63, 3.8) is 0 Å². The summed E-state index contributed by atoms with van der Waals surface area (Å²) in [6.45, 7) is 6.32. The van der Waals surface area contributed by atoms with Crippen LogP contribution in [0.1, 0.15) is 36.8 Å². The van der Waals surface area contributed by atoms with Crippen molar-refractivity contribution in [1.29, 1.82) is 0 Å². The van der Waals surface area contributed by atoms with E-state index in [-0.39, 0.29) is 0 Å². The van der Waals surface area contributed by atoms with Gasteiger partial charge < -0.3 is 20.9 Å². The first kappa shape index (κ1) is 24.5. The number of hydrogen-bond acceptors (Lipinski definition) is 6. The molecule has 0 unspecified atom stereocenters. The number of rotatable bonds is 6. The predicted octanol–water partition coefficient (Wildman–Crippen LogP) is 3.24. The summed E-state index contributed by atoms with van der Waals surface area (Å²) in [6, 6.07) is 17.2. The molecule has 0 spiro atoms. The molecule has 0 bridgehead atoms. The molecule has 6 heteroatoms. The second-order valence-electron chi connectivity index (χ2n) is 8.85. The lowest BCUT2D eigenvalue weighted by Crippen LogP contribution is -2.39. The van der Waals surface area contributed by atoms with Crippen molar-refractivity contribution < 1.29 is 9.47 Å². The number of piperidine rings is 2. The van der Waals surface area contributed by atoms with E-state index in [9.17, 15) is 0 Å². The maximum absolute atomic E-state index is 5.90. The van der Waals surface area contributed by atoms with Crippen LogP contribution in [0.4, 0.5) is 0 Å². The van der Waals surface area contributed by atoms with Crippen molar-refractivity contribution in [2.75, 3.05) is 40.4 Å². The van der Waals surface area contributed by atoms with Gasteiger partial charge in [0.2, 0.25) is 0 Å².